The van der Waals surface area contributed by atoms with Crippen molar-refractivity contribution in [1.82, 2.24) is 4.98 Å². The van der Waals surface area contributed by atoms with Crippen molar-refractivity contribution in [2.24, 2.45) is 0 Å². The summed E-state index contributed by atoms with van der Waals surface area (Å²) in [6.07, 6.45) is 0. The van der Waals surface area contributed by atoms with E-state index in [-0.39, 0.29) is 11.9 Å². The molecule has 0 atom stereocenters. The number of aromatic amines is 1. The summed E-state index contributed by atoms with van der Waals surface area (Å²) < 4.78 is 0. The van der Waals surface area contributed by atoms with Crippen LogP contribution in [0.1, 0.15) is 21.6 Å². The number of carbonyl (C=O) groups is 2. The second-order valence-corrected chi connectivity index (χ2v) is 7.11. The number of fused-ring (bicyclic) bond motifs is 1. The largest absolute Gasteiger partial charge is 0.358 e. The lowest BCUT2D eigenvalue weighted by Gasteiger charge is -2.09. The van der Waals surface area contributed by atoms with E-state index >= 15 is 0 Å². The lowest BCUT2D eigenvalue weighted by atomic mass is 10.1. The van der Waals surface area contributed by atoms with Crippen molar-refractivity contribution in [3.8, 4) is 0 Å². The normalized spacial score (nSPS) is 10.6. The highest BCUT2D eigenvalue weighted by molar-refractivity contribution is 6.07. The molecule has 0 saturated carbocycles. The van der Waals surface area contributed by atoms with Gasteiger partial charge in [0.2, 0.25) is 0 Å². The summed E-state index contributed by atoms with van der Waals surface area (Å²) in [6.45, 7) is 4.06. The van der Waals surface area contributed by atoms with Gasteiger partial charge in [0.15, 0.2) is 0 Å². The van der Waals surface area contributed by atoms with Gasteiger partial charge < -0.3 is 20.9 Å². The smallest absolute Gasteiger partial charge is 0.323 e. The minimum atomic E-state index is -0.330. The van der Waals surface area contributed by atoms with Crippen molar-refractivity contribution in [2.45, 2.75) is 13.8 Å². The molecule has 3 amide bonds. The highest BCUT2D eigenvalue weighted by Gasteiger charge is 2.10. The maximum atomic E-state index is 12.6. The molecule has 0 aliphatic heterocycles. The van der Waals surface area contributed by atoms with E-state index in [9.17, 15) is 9.59 Å². The third-order valence-corrected chi connectivity index (χ3v) is 5.00. The van der Waals surface area contributed by atoms with Gasteiger partial charge in [0.1, 0.15) is 0 Å². The van der Waals surface area contributed by atoms with Crippen LogP contribution in [0.4, 0.5) is 21.9 Å². The number of aryl methyl sites for hydroxylation is 2. The number of para-hydroxylation sites is 1. The second-order valence-electron chi connectivity index (χ2n) is 7.11. The fraction of sp³-hybridized carbons (Fsp3) is 0.0833. The van der Waals surface area contributed by atoms with Crippen LogP contribution < -0.4 is 16.0 Å². The molecule has 6 heteroatoms. The van der Waals surface area contributed by atoms with Gasteiger partial charge in [0.05, 0.1) is 0 Å². The Balaban J connectivity index is 1.40. The molecular weight excluding hydrogens is 376 g/mol. The summed E-state index contributed by atoms with van der Waals surface area (Å²) in [7, 11) is 0. The number of urea groups is 1. The van der Waals surface area contributed by atoms with Gasteiger partial charge in [-0.1, -0.05) is 18.2 Å². The molecule has 0 saturated heterocycles. The maximum absolute atomic E-state index is 12.6. The summed E-state index contributed by atoms with van der Waals surface area (Å²) in [5, 5.41) is 9.46. The van der Waals surface area contributed by atoms with E-state index in [2.05, 4.69) is 20.9 Å². The molecule has 6 nitrogen and oxygen atoms in total. The quantitative estimate of drug-likeness (QED) is 0.356. The van der Waals surface area contributed by atoms with Crippen LogP contribution in [0.5, 0.6) is 0 Å². The van der Waals surface area contributed by atoms with Crippen molar-refractivity contribution in [1.29, 1.82) is 0 Å². The Morgan fingerprint density at radius 1 is 0.733 bits per heavy atom. The average Bonchev–Trinajstić information content (AvgIpc) is 3.03. The van der Waals surface area contributed by atoms with Crippen LogP contribution >= 0.6 is 0 Å². The molecule has 1 aromatic heterocycles. The summed E-state index contributed by atoms with van der Waals surface area (Å²) in [4.78, 5) is 28.0. The zero-order chi connectivity index (χ0) is 21.1. The van der Waals surface area contributed by atoms with E-state index in [0.717, 1.165) is 22.2 Å². The standard InChI is InChI=1S/C24H22N4O2/c1-15-16(2)25-22-13-8-17(14-21(15)22)23(29)26-19-9-11-20(12-10-19)28-24(30)27-18-6-4-3-5-7-18/h3-14,25H,1-2H3,(H,26,29)(H2,27,28,30). The van der Waals surface area contributed by atoms with Crippen molar-refractivity contribution in [3.05, 3.63) is 89.6 Å². The van der Waals surface area contributed by atoms with Crippen LogP contribution in [-0.4, -0.2) is 16.9 Å². The molecule has 4 N–H and O–H groups in total. The van der Waals surface area contributed by atoms with Crippen LogP contribution in [0.15, 0.2) is 72.8 Å². The molecule has 0 aliphatic rings. The molecule has 4 aromatic rings. The molecule has 0 unspecified atom stereocenters. The lowest BCUT2D eigenvalue weighted by molar-refractivity contribution is 0.102. The Bertz CT molecular complexity index is 1210. The van der Waals surface area contributed by atoms with E-state index in [1.54, 1.807) is 30.3 Å². The third kappa shape index (κ3) is 4.17. The Morgan fingerprint density at radius 3 is 2.00 bits per heavy atom. The molecule has 0 bridgehead atoms. The molecule has 30 heavy (non-hydrogen) atoms. The Labute approximate surface area is 174 Å². The predicted molar refractivity (Wildman–Crippen MR) is 121 cm³/mol. The summed E-state index contributed by atoms with van der Waals surface area (Å²) in [6, 6.07) is 21.5. The number of aromatic nitrogens is 1. The third-order valence-electron chi connectivity index (χ3n) is 5.00. The van der Waals surface area contributed by atoms with Gasteiger partial charge in [-0.15, -0.1) is 0 Å². The summed E-state index contributed by atoms with van der Waals surface area (Å²) in [5.74, 6) is -0.183. The van der Waals surface area contributed by atoms with E-state index in [4.69, 9.17) is 0 Å². The van der Waals surface area contributed by atoms with Crippen LogP contribution in [0.3, 0.4) is 0 Å². The number of anilines is 3. The van der Waals surface area contributed by atoms with Gasteiger partial charge in [0.25, 0.3) is 5.91 Å². The number of amides is 3. The molecule has 150 valence electrons. The fourth-order valence-electron chi connectivity index (χ4n) is 3.26. The number of hydrogen-bond acceptors (Lipinski definition) is 2. The zero-order valence-electron chi connectivity index (χ0n) is 16.7. The van der Waals surface area contributed by atoms with E-state index in [0.29, 0.717) is 22.6 Å². The Morgan fingerprint density at radius 2 is 1.33 bits per heavy atom. The molecule has 4 rings (SSSR count). The molecule has 0 aliphatic carbocycles. The van der Waals surface area contributed by atoms with E-state index < -0.39 is 0 Å². The Kier molecular flexibility index (Phi) is 5.22. The van der Waals surface area contributed by atoms with E-state index in [1.165, 1.54) is 0 Å². The first-order chi connectivity index (χ1) is 14.5. The van der Waals surface area contributed by atoms with Crippen molar-refractivity contribution >= 4 is 39.9 Å². The predicted octanol–water partition coefficient (Wildman–Crippen LogP) is 5.68. The number of nitrogens with one attached hydrogen (secondary N) is 4. The molecular formula is C24H22N4O2. The first-order valence-corrected chi connectivity index (χ1v) is 9.63. The summed E-state index contributed by atoms with van der Waals surface area (Å²) in [5.41, 5.74) is 5.84. The second kappa shape index (κ2) is 8.13. The van der Waals surface area contributed by atoms with Crippen LogP contribution in [0, 0.1) is 13.8 Å². The molecule has 1 heterocycles. The number of rotatable bonds is 4. The molecule has 0 fully saturated rings. The first kappa shape index (κ1) is 19.3. The van der Waals surface area contributed by atoms with Crippen molar-refractivity contribution in [3.63, 3.8) is 0 Å². The van der Waals surface area contributed by atoms with Crippen LogP contribution in [0.25, 0.3) is 10.9 Å². The maximum Gasteiger partial charge on any atom is 0.323 e. The van der Waals surface area contributed by atoms with Gasteiger partial charge in [-0.25, -0.2) is 4.79 Å². The Hall–Kier alpha value is -4.06. The lowest BCUT2D eigenvalue weighted by Crippen LogP contribution is -2.19. The van der Waals surface area contributed by atoms with Crippen LogP contribution in [-0.2, 0) is 0 Å². The van der Waals surface area contributed by atoms with Gasteiger partial charge in [0, 0.05) is 39.2 Å². The minimum Gasteiger partial charge on any atom is -0.358 e. The van der Waals surface area contributed by atoms with Gasteiger partial charge in [-0.2, -0.15) is 0 Å². The number of H-pyrrole nitrogens is 1. The molecule has 0 spiro atoms. The minimum absolute atomic E-state index is 0.183. The molecule has 3 aromatic carbocycles. The van der Waals surface area contributed by atoms with Crippen molar-refractivity contribution in [2.75, 3.05) is 16.0 Å². The van der Waals surface area contributed by atoms with Crippen LogP contribution in [0.2, 0.25) is 0 Å². The number of carbonyl (C=O) groups excluding carboxylic acids is 2. The number of benzene rings is 3. The topological polar surface area (TPSA) is 86.0 Å². The van der Waals surface area contributed by atoms with Crippen molar-refractivity contribution < 1.29 is 9.59 Å². The highest BCUT2D eigenvalue weighted by Crippen LogP contribution is 2.23. The van der Waals surface area contributed by atoms with Gasteiger partial charge in [-0.3, -0.25) is 4.79 Å². The van der Waals surface area contributed by atoms with Gasteiger partial charge >= 0.3 is 6.03 Å². The van der Waals surface area contributed by atoms with Gasteiger partial charge in [-0.05, 0) is 74.0 Å². The molecule has 0 radical (unpaired) electrons. The number of hydrogen-bond donors (Lipinski definition) is 4. The average molecular weight is 398 g/mol. The highest BCUT2D eigenvalue weighted by atomic mass is 16.2. The van der Waals surface area contributed by atoms with E-state index in [1.807, 2.05) is 56.3 Å². The SMILES string of the molecule is Cc1[nH]c2ccc(C(=O)Nc3ccc(NC(=O)Nc4ccccc4)cc3)cc2c1C. The summed E-state index contributed by atoms with van der Waals surface area (Å²) >= 11 is 0. The first-order valence-electron chi connectivity index (χ1n) is 9.63. The monoisotopic (exact) mass is 398 g/mol. The zero-order valence-corrected chi connectivity index (χ0v) is 16.7. The fourth-order valence-corrected chi connectivity index (χ4v) is 3.26.